The quantitative estimate of drug-likeness (QED) is 0.398. The molecule has 0 aromatic rings. The zero-order valence-corrected chi connectivity index (χ0v) is 10.7. The lowest BCUT2D eigenvalue weighted by Gasteiger charge is -2.52. The number of methoxy groups -OCH3 is 2. The largest absolute Gasteiger partial charge is 0.353 e. The van der Waals surface area contributed by atoms with Gasteiger partial charge in [0.15, 0.2) is 5.79 Å². The highest BCUT2D eigenvalue weighted by Gasteiger charge is 2.54. The highest BCUT2D eigenvalue weighted by molar-refractivity contribution is 7.85. The number of rotatable bonds is 6. The maximum absolute atomic E-state index is 10.9. The summed E-state index contributed by atoms with van der Waals surface area (Å²) in [5.74, 6) is -0.630. The molecule has 5 nitrogen and oxygen atoms in total. The van der Waals surface area contributed by atoms with E-state index < -0.39 is 15.9 Å². The molecule has 94 valence electrons. The Morgan fingerprint density at radius 1 is 1.31 bits per heavy atom. The molecule has 1 aliphatic carbocycles. The second-order valence-corrected chi connectivity index (χ2v) is 5.85. The molecule has 1 saturated carbocycles. The second kappa shape index (κ2) is 4.44. The van der Waals surface area contributed by atoms with E-state index >= 15 is 0 Å². The van der Waals surface area contributed by atoms with Crippen molar-refractivity contribution < 1.29 is 22.1 Å². The molecule has 1 fully saturated rings. The van der Waals surface area contributed by atoms with Gasteiger partial charge in [-0.05, 0) is 0 Å². The molecule has 0 spiro atoms. The van der Waals surface area contributed by atoms with E-state index in [4.69, 9.17) is 13.7 Å². The summed E-state index contributed by atoms with van der Waals surface area (Å²) >= 11 is 0. The fraction of sp³-hybridized carbons (Fsp3) is 0.800. The molecule has 6 heteroatoms. The molecule has 0 radical (unpaired) electrons. The fourth-order valence-corrected chi connectivity index (χ4v) is 2.37. The normalized spacial score (nSPS) is 22.4. The van der Waals surface area contributed by atoms with Crippen LogP contribution < -0.4 is 0 Å². The molecule has 0 aliphatic heterocycles. The van der Waals surface area contributed by atoms with Crippen molar-refractivity contribution in [1.82, 2.24) is 0 Å². The predicted molar refractivity (Wildman–Crippen MR) is 59.4 cm³/mol. The Hall–Kier alpha value is -0.430. The molecule has 1 rings (SSSR count). The van der Waals surface area contributed by atoms with Gasteiger partial charge in [0.2, 0.25) is 0 Å². The zero-order chi connectivity index (χ0) is 12.4. The molecular weight excluding hydrogens is 232 g/mol. The Bertz CT molecular complexity index is 347. The maximum Gasteiger partial charge on any atom is 0.264 e. The first kappa shape index (κ1) is 13.6. The lowest BCUT2D eigenvalue weighted by Crippen LogP contribution is -2.55. The summed E-state index contributed by atoms with van der Waals surface area (Å²) in [5, 5.41) is 0. The average molecular weight is 250 g/mol. The van der Waals surface area contributed by atoms with Gasteiger partial charge in [-0.15, -0.1) is 6.58 Å². The van der Waals surface area contributed by atoms with E-state index in [1.54, 1.807) is 20.3 Å². The number of ether oxygens (including phenoxy) is 2. The van der Waals surface area contributed by atoms with E-state index in [1.807, 2.05) is 0 Å². The topological polar surface area (TPSA) is 61.8 Å². The van der Waals surface area contributed by atoms with Crippen LogP contribution in [-0.2, 0) is 23.8 Å². The van der Waals surface area contributed by atoms with E-state index in [1.165, 1.54) is 0 Å². The third-order valence-corrected chi connectivity index (χ3v) is 3.53. The minimum atomic E-state index is -3.42. The van der Waals surface area contributed by atoms with Crippen LogP contribution in [0.2, 0.25) is 0 Å². The first-order valence-corrected chi connectivity index (χ1v) is 6.70. The van der Waals surface area contributed by atoms with Crippen LogP contribution in [0.25, 0.3) is 0 Å². The minimum Gasteiger partial charge on any atom is -0.353 e. The summed E-state index contributed by atoms with van der Waals surface area (Å²) in [5.41, 5.74) is -0.380. The summed E-state index contributed by atoms with van der Waals surface area (Å²) < 4.78 is 37.1. The van der Waals surface area contributed by atoms with Crippen LogP contribution in [0.4, 0.5) is 0 Å². The zero-order valence-electron chi connectivity index (χ0n) is 9.86. The van der Waals surface area contributed by atoms with Crippen LogP contribution in [0, 0.1) is 5.41 Å². The average Bonchev–Trinajstić information content (AvgIpc) is 2.17. The van der Waals surface area contributed by atoms with Gasteiger partial charge in [0.25, 0.3) is 10.1 Å². The first-order valence-electron chi connectivity index (χ1n) is 4.89. The molecule has 0 aromatic heterocycles. The van der Waals surface area contributed by atoms with Crippen LogP contribution in [-0.4, -0.2) is 41.3 Å². The van der Waals surface area contributed by atoms with Crippen LogP contribution >= 0.6 is 0 Å². The minimum absolute atomic E-state index is 0.0871. The lowest BCUT2D eigenvalue weighted by atomic mass is 9.65. The summed E-state index contributed by atoms with van der Waals surface area (Å²) in [4.78, 5) is 0. The van der Waals surface area contributed by atoms with Gasteiger partial charge in [0, 0.05) is 32.5 Å². The predicted octanol–water partition coefficient (Wildman–Crippen LogP) is 0.918. The number of hydrogen-bond acceptors (Lipinski definition) is 5. The van der Waals surface area contributed by atoms with Crippen molar-refractivity contribution >= 4 is 10.1 Å². The summed E-state index contributed by atoms with van der Waals surface area (Å²) in [6, 6.07) is 0. The molecular formula is C10H18O5S. The molecule has 0 aromatic carbocycles. The van der Waals surface area contributed by atoms with Gasteiger partial charge in [0.1, 0.15) is 0 Å². The fourth-order valence-electron chi connectivity index (χ4n) is 1.92. The first-order chi connectivity index (χ1) is 7.30. The van der Waals surface area contributed by atoms with Crippen LogP contribution in [0.3, 0.4) is 0 Å². The van der Waals surface area contributed by atoms with Crippen molar-refractivity contribution in [2.45, 2.75) is 18.6 Å². The molecule has 1 aliphatic rings. The van der Waals surface area contributed by atoms with Gasteiger partial charge >= 0.3 is 0 Å². The molecule has 0 bridgehead atoms. The second-order valence-electron chi connectivity index (χ2n) is 4.21. The molecule has 16 heavy (non-hydrogen) atoms. The van der Waals surface area contributed by atoms with Gasteiger partial charge < -0.3 is 9.47 Å². The van der Waals surface area contributed by atoms with E-state index in [0.717, 1.165) is 6.26 Å². The van der Waals surface area contributed by atoms with Gasteiger partial charge in [-0.3, -0.25) is 4.18 Å². The van der Waals surface area contributed by atoms with E-state index in [-0.39, 0.29) is 12.0 Å². The summed E-state index contributed by atoms with van der Waals surface area (Å²) in [7, 11) is -0.297. The van der Waals surface area contributed by atoms with E-state index in [9.17, 15) is 8.42 Å². The van der Waals surface area contributed by atoms with E-state index in [2.05, 4.69) is 6.58 Å². The van der Waals surface area contributed by atoms with Crippen LogP contribution in [0.5, 0.6) is 0 Å². The summed E-state index contributed by atoms with van der Waals surface area (Å²) in [6.07, 6.45) is 3.83. The van der Waals surface area contributed by atoms with Crippen molar-refractivity contribution in [3.63, 3.8) is 0 Å². The SMILES string of the molecule is C=CC1(COS(C)(=O)=O)CC(OC)(OC)C1. The van der Waals surface area contributed by atoms with Crippen LogP contribution in [0.15, 0.2) is 12.7 Å². The van der Waals surface area contributed by atoms with Crippen molar-refractivity contribution in [3.05, 3.63) is 12.7 Å². The van der Waals surface area contributed by atoms with Gasteiger partial charge in [0.05, 0.1) is 12.9 Å². The molecule has 0 heterocycles. The van der Waals surface area contributed by atoms with Crippen molar-refractivity contribution in [3.8, 4) is 0 Å². The van der Waals surface area contributed by atoms with Gasteiger partial charge in [-0.25, -0.2) is 0 Å². The standard InChI is InChI=1S/C10H18O5S/c1-5-9(8-15-16(4,11)12)6-10(7-9,13-2)14-3/h5H,1,6-8H2,2-4H3. The highest BCUT2D eigenvalue weighted by atomic mass is 32.2. The highest BCUT2D eigenvalue weighted by Crippen LogP contribution is 2.51. The van der Waals surface area contributed by atoms with Crippen molar-refractivity contribution in [2.24, 2.45) is 5.41 Å². The van der Waals surface area contributed by atoms with Crippen molar-refractivity contribution in [1.29, 1.82) is 0 Å². The molecule has 0 amide bonds. The van der Waals surface area contributed by atoms with Crippen LogP contribution in [0.1, 0.15) is 12.8 Å². The Balaban J connectivity index is 2.61. The van der Waals surface area contributed by atoms with Gasteiger partial charge in [-0.2, -0.15) is 8.42 Å². The smallest absolute Gasteiger partial charge is 0.264 e. The third-order valence-electron chi connectivity index (χ3n) is 2.98. The maximum atomic E-state index is 10.9. The number of hydrogen-bond donors (Lipinski definition) is 0. The Morgan fingerprint density at radius 3 is 2.12 bits per heavy atom. The molecule has 0 unspecified atom stereocenters. The Labute approximate surface area is 96.5 Å². The Kier molecular flexibility index (Phi) is 3.79. The molecule has 0 atom stereocenters. The monoisotopic (exact) mass is 250 g/mol. The molecule has 0 saturated heterocycles. The lowest BCUT2D eigenvalue weighted by molar-refractivity contribution is -0.290. The molecule has 0 N–H and O–H groups in total. The van der Waals surface area contributed by atoms with Gasteiger partial charge in [-0.1, -0.05) is 6.08 Å². The van der Waals surface area contributed by atoms with Crippen molar-refractivity contribution in [2.75, 3.05) is 27.1 Å². The van der Waals surface area contributed by atoms with E-state index in [0.29, 0.717) is 12.8 Å². The summed E-state index contributed by atoms with van der Waals surface area (Å²) in [6.45, 7) is 3.79. The third kappa shape index (κ3) is 2.82. The Morgan fingerprint density at radius 2 is 1.81 bits per heavy atom.